The molecule has 0 spiro atoms. The van der Waals surface area contributed by atoms with Crippen LogP contribution in [0.25, 0.3) is 0 Å². The summed E-state index contributed by atoms with van der Waals surface area (Å²) in [5.74, 6) is 0.746. The van der Waals surface area contributed by atoms with Crippen LogP contribution in [-0.2, 0) is 13.2 Å². The fourth-order valence-electron chi connectivity index (χ4n) is 3.42. The molecule has 0 unspecified atom stereocenters. The zero-order valence-electron chi connectivity index (χ0n) is 13.3. The first-order chi connectivity index (χ1) is 10.9. The van der Waals surface area contributed by atoms with Gasteiger partial charge >= 0.3 is 6.18 Å². The monoisotopic (exact) mass is 329 g/mol. The van der Waals surface area contributed by atoms with Gasteiger partial charge < -0.3 is 9.64 Å². The summed E-state index contributed by atoms with van der Waals surface area (Å²) >= 11 is 0. The van der Waals surface area contributed by atoms with Crippen molar-refractivity contribution in [2.24, 2.45) is 18.9 Å². The summed E-state index contributed by atoms with van der Waals surface area (Å²) in [7, 11) is 1.27. The number of aromatic nitrogens is 2. The Hall–Kier alpha value is -1.66. The van der Waals surface area contributed by atoms with E-state index in [0.29, 0.717) is 18.4 Å². The molecule has 23 heavy (non-hydrogen) atoms. The van der Waals surface area contributed by atoms with E-state index in [4.69, 9.17) is 4.74 Å². The molecule has 1 aromatic rings. The minimum Gasteiger partial charge on any atom is -0.476 e. The van der Waals surface area contributed by atoms with Gasteiger partial charge in [0, 0.05) is 43.7 Å². The fraction of sp³-hybridized carbons (Fsp3) is 0.688. The highest BCUT2D eigenvalue weighted by Crippen LogP contribution is 2.41. The lowest BCUT2D eigenvalue weighted by molar-refractivity contribution is -0.143. The number of alkyl halides is 3. The Balaban J connectivity index is 1.55. The first kappa shape index (κ1) is 16.2. The molecule has 7 heteroatoms. The van der Waals surface area contributed by atoms with Crippen molar-refractivity contribution >= 4 is 0 Å². The molecule has 2 fully saturated rings. The molecule has 0 N–H and O–H groups in total. The van der Waals surface area contributed by atoms with Gasteiger partial charge in [-0.05, 0) is 25.7 Å². The molecular formula is C16H22F3N3O. The average Bonchev–Trinajstić information content (AvgIpc) is 3.06. The maximum absolute atomic E-state index is 12.7. The van der Waals surface area contributed by atoms with E-state index in [1.807, 2.05) is 0 Å². The lowest BCUT2D eigenvalue weighted by Gasteiger charge is -2.40. The molecule has 1 aromatic heterocycles. The molecule has 2 atom stereocenters. The highest BCUT2D eigenvalue weighted by molar-refractivity contribution is 5.18. The highest BCUT2D eigenvalue weighted by Gasteiger charge is 2.37. The quantitative estimate of drug-likeness (QED) is 0.829. The van der Waals surface area contributed by atoms with Gasteiger partial charge in [0.25, 0.3) is 0 Å². The number of aryl methyl sites for hydroxylation is 1. The Bertz CT molecular complexity index is 576. The van der Waals surface area contributed by atoms with Crippen molar-refractivity contribution < 1.29 is 17.9 Å². The van der Waals surface area contributed by atoms with Gasteiger partial charge in [-0.1, -0.05) is 6.58 Å². The number of hydrogen-bond donors (Lipinski definition) is 0. The Morgan fingerprint density at radius 3 is 2.57 bits per heavy atom. The second kappa shape index (κ2) is 6.09. The predicted molar refractivity (Wildman–Crippen MR) is 79.9 cm³/mol. The maximum Gasteiger partial charge on any atom is 0.433 e. The van der Waals surface area contributed by atoms with Crippen LogP contribution in [0, 0.1) is 11.8 Å². The SMILES string of the molecule is C=C([C@@H]1CC[C@H]1COc1cc(C(F)(F)F)n(C)n1)N1CCCC1. The minimum absolute atomic E-state index is 0.0391. The second-order valence-electron chi connectivity index (χ2n) is 6.43. The summed E-state index contributed by atoms with van der Waals surface area (Å²) in [5, 5.41) is 3.80. The lowest BCUT2D eigenvalue weighted by Crippen LogP contribution is -2.37. The van der Waals surface area contributed by atoms with Crippen molar-refractivity contribution in [3.05, 3.63) is 24.0 Å². The van der Waals surface area contributed by atoms with Crippen LogP contribution in [0.4, 0.5) is 13.2 Å². The fourth-order valence-corrected chi connectivity index (χ4v) is 3.42. The largest absolute Gasteiger partial charge is 0.476 e. The molecule has 1 saturated heterocycles. The molecule has 128 valence electrons. The average molecular weight is 329 g/mol. The van der Waals surface area contributed by atoms with Crippen molar-refractivity contribution in [1.29, 1.82) is 0 Å². The molecule has 4 nitrogen and oxygen atoms in total. The summed E-state index contributed by atoms with van der Waals surface area (Å²) in [5.41, 5.74) is 0.374. The van der Waals surface area contributed by atoms with Crippen molar-refractivity contribution in [2.45, 2.75) is 31.9 Å². The molecule has 2 aliphatic rings. The standard InChI is InChI=1S/C16H22F3N3O/c1-11(22-7-3-4-8-22)13-6-5-12(13)10-23-15-9-14(16(17,18)19)21(2)20-15/h9,12-13H,1,3-8,10H2,2H3/t12-,13-/m0/s1. The molecule has 0 aromatic carbocycles. The van der Waals surface area contributed by atoms with Crippen LogP contribution in [0.15, 0.2) is 18.3 Å². The van der Waals surface area contributed by atoms with E-state index in [1.165, 1.54) is 25.6 Å². The second-order valence-corrected chi connectivity index (χ2v) is 6.43. The molecule has 1 saturated carbocycles. The first-order valence-corrected chi connectivity index (χ1v) is 8.04. The Kier molecular flexibility index (Phi) is 4.29. The highest BCUT2D eigenvalue weighted by atomic mass is 19.4. The molecule has 0 bridgehead atoms. The number of ether oxygens (including phenoxy) is 1. The third kappa shape index (κ3) is 3.33. The zero-order valence-corrected chi connectivity index (χ0v) is 13.3. The molecule has 1 aliphatic carbocycles. The molecule has 0 radical (unpaired) electrons. The molecular weight excluding hydrogens is 307 g/mol. The number of hydrogen-bond acceptors (Lipinski definition) is 3. The van der Waals surface area contributed by atoms with Gasteiger partial charge in [-0.2, -0.15) is 13.2 Å². The van der Waals surface area contributed by atoms with Crippen molar-refractivity contribution in [2.75, 3.05) is 19.7 Å². The summed E-state index contributed by atoms with van der Waals surface area (Å²) in [6.45, 7) is 6.75. The zero-order chi connectivity index (χ0) is 16.6. The number of nitrogens with zero attached hydrogens (tertiary/aromatic N) is 3. The third-order valence-electron chi connectivity index (χ3n) is 4.95. The Labute approximate surface area is 133 Å². The van der Waals surface area contributed by atoms with E-state index in [1.54, 1.807) is 0 Å². The lowest BCUT2D eigenvalue weighted by atomic mass is 9.72. The van der Waals surface area contributed by atoms with Gasteiger partial charge in [-0.15, -0.1) is 5.10 Å². The number of halogens is 3. The maximum atomic E-state index is 12.7. The van der Waals surface area contributed by atoms with Crippen LogP contribution in [0.3, 0.4) is 0 Å². The number of likely N-dealkylation sites (tertiary alicyclic amines) is 1. The summed E-state index contributed by atoms with van der Waals surface area (Å²) in [6.07, 6.45) is 0.115. The Morgan fingerprint density at radius 1 is 1.35 bits per heavy atom. The molecule has 0 amide bonds. The van der Waals surface area contributed by atoms with Gasteiger partial charge in [-0.25, -0.2) is 0 Å². The van der Waals surface area contributed by atoms with Crippen LogP contribution in [0.2, 0.25) is 0 Å². The van der Waals surface area contributed by atoms with E-state index in [0.717, 1.165) is 36.7 Å². The Morgan fingerprint density at radius 2 is 2.04 bits per heavy atom. The van der Waals surface area contributed by atoms with E-state index < -0.39 is 11.9 Å². The molecule has 1 aliphatic heterocycles. The van der Waals surface area contributed by atoms with Crippen molar-refractivity contribution in [1.82, 2.24) is 14.7 Å². The number of allylic oxidation sites excluding steroid dienone is 1. The van der Waals surface area contributed by atoms with Crippen molar-refractivity contribution in [3.63, 3.8) is 0 Å². The third-order valence-corrected chi connectivity index (χ3v) is 4.95. The minimum atomic E-state index is -4.41. The van der Waals surface area contributed by atoms with Gasteiger partial charge in [0.1, 0.15) is 5.69 Å². The van der Waals surface area contributed by atoms with Gasteiger partial charge in [0.05, 0.1) is 6.61 Å². The van der Waals surface area contributed by atoms with Gasteiger partial charge in [0.2, 0.25) is 5.88 Å². The molecule has 3 rings (SSSR count). The first-order valence-electron chi connectivity index (χ1n) is 8.04. The number of rotatable bonds is 5. The van der Waals surface area contributed by atoms with Crippen molar-refractivity contribution in [3.8, 4) is 5.88 Å². The van der Waals surface area contributed by atoms with Crippen LogP contribution < -0.4 is 4.74 Å². The van der Waals surface area contributed by atoms with E-state index in [9.17, 15) is 13.2 Å². The van der Waals surface area contributed by atoms with Crippen LogP contribution in [0.5, 0.6) is 5.88 Å². The summed E-state index contributed by atoms with van der Waals surface area (Å²) in [4.78, 5) is 2.33. The molecule has 2 heterocycles. The van der Waals surface area contributed by atoms with Gasteiger partial charge in [-0.3, -0.25) is 4.68 Å². The van der Waals surface area contributed by atoms with E-state index >= 15 is 0 Å². The summed E-state index contributed by atoms with van der Waals surface area (Å²) in [6, 6.07) is 0.961. The van der Waals surface area contributed by atoms with E-state index in [-0.39, 0.29) is 5.88 Å². The van der Waals surface area contributed by atoms with E-state index in [2.05, 4.69) is 16.6 Å². The van der Waals surface area contributed by atoms with Gasteiger partial charge in [0.15, 0.2) is 0 Å². The normalized spacial score (nSPS) is 24.6. The van der Waals surface area contributed by atoms with Crippen LogP contribution >= 0.6 is 0 Å². The summed E-state index contributed by atoms with van der Waals surface area (Å²) < 4.78 is 44.6. The topological polar surface area (TPSA) is 30.3 Å². The van der Waals surface area contributed by atoms with Crippen LogP contribution in [-0.4, -0.2) is 34.4 Å². The predicted octanol–water partition coefficient (Wildman–Crippen LogP) is 3.45. The van der Waals surface area contributed by atoms with Crippen LogP contribution in [0.1, 0.15) is 31.4 Å². The smallest absolute Gasteiger partial charge is 0.433 e.